The number of ether oxygens (including phenoxy) is 2. The molecule has 1 aromatic heterocycles. The van der Waals surface area contributed by atoms with Gasteiger partial charge < -0.3 is 14.0 Å². The zero-order valence-corrected chi connectivity index (χ0v) is 10.4. The number of nitro groups is 1. The van der Waals surface area contributed by atoms with E-state index in [0.717, 1.165) is 5.56 Å². The van der Waals surface area contributed by atoms with Gasteiger partial charge in [0.15, 0.2) is 0 Å². The largest absolute Gasteiger partial charge is 0.471 e. The van der Waals surface area contributed by atoms with E-state index in [2.05, 4.69) is 9.89 Å². The van der Waals surface area contributed by atoms with Crippen LogP contribution in [-0.2, 0) is 11.3 Å². The summed E-state index contributed by atoms with van der Waals surface area (Å²) in [5.41, 5.74) is 0.724. The molecule has 104 valence electrons. The summed E-state index contributed by atoms with van der Waals surface area (Å²) in [6.07, 6.45) is 0. The molecule has 0 radical (unpaired) electrons. The number of methoxy groups -OCH3 is 1. The molecule has 0 fully saturated rings. The van der Waals surface area contributed by atoms with Gasteiger partial charge in [-0.2, -0.15) is 0 Å². The van der Waals surface area contributed by atoms with Crippen molar-refractivity contribution < 1.29 is 23.7 Å². The Balaban J connectivity index is 1.96. The minimum absolute atomic E-state index is 0.00293. The number of nitrogens with zero attached hydrogens (tertiary/aromatic N) is 2. The van der Waals surface area contributed by atoms with Gasteiger partial charge in [-0.05, 0) is 22.9 Å². The average molecular weight is 278 g/mol. The Morgan fingerprint density at radius 1 is 1.40 bits per heavy atom. The summed E-state index contributed by atoms with van der Waals surface area (Å²) in [7, 11) is 1.22. The molecule has 2 aromatic rings. The Hall–Kier alpha value is -2.90. The van der Waals surface area contributed by atoms with Crippen molar-refractivity contribution in [2.75, 3.05) is 7.11 Å². The molecule has 0 saturated heterocycles. The second kappa shape index (κ2) is 5.83. The van der Waals surface area contributed by atoms with Gasteiger partial charge in [0, 0.05) is 12.1 Å². The quantitative estimate of drug-likeness (QED) is 0.467. The van der Waals surface area contributed by atoms with Gasteiger partial charge in [-0.15, -0.1) is 0 Å². The number of aromatic nitrogens is 1. The molecule has 2 rings (SSSR count). The second-order valence-electron chi connectivity index (χ2n) is 3.73. The van der Waals surface area contributed by atoms with Gasteiger partial charge in [-0.1, -0.05) is 0 Å². The van der Waals surface area contributed by atoms with Crippen LogP contribution in [0.4, 0.5) is 5.69 Å². The SMILES string of the molecule is COC(=O)c1cc(OCc2ccc([N+](=O)[O-])cc2)no1. The lowest BCUT2D eigenvalue weighted by molar-refractivity contribution is -0.384. The van der Waals surface area contributed by atoms with Crippen molar-refractivity contribution in [2.45, 2.75) is 6.61 Å². The maximum Gasteiger partial charge on any atom is 0.377 e. The molecule has 0 saturated carbocycles. The van der Waals surface area contributed by atoms with E-state index >= 15 is 0 Å². The van der Waals surface area contributed by atoms with Crippen LogP contribution in [0.1, 0.15) is 16.1 Å². The van der Waals surface area contributed by atoms with Gasteiger partial charge >= 0.3 is 5.97 Å². The maximum absolute atomic E-state index is 11.1. The molecule has 0 unspecified atom stereocenters. The van der Waals surface area contributed by atoms with Crippen LogP contribution in [-0.4, -0.2) is 23.2 Å². The van der Waals surface area contributed by atoms with Crippen molar-refractivity contribution in [1.29, 1.82) is 0 Å². The molecular formula is C12H10N2O6. The first-order valence-corrected chi connectivity index (χ1v) is 5.51. The van der Waals surface area contributed by atoms with Crippen molar-refractivity contribution in [3.8, 4) is 5.88 Å². The van der Waals surface area contributed by atoms with Crippen molar-refractivity contribution >= 4 is 11.7 Å². The highest BCUT2D eigenvalue weighted by atomic mass is 16.6. The number of esters is 1. The molecule has 8 heteroatoms. The highest BCUT2D eigenvalue weighted by Crippen LogP contribution is 2.16. The molecule has 0 atom stereocenters. The molecule has 0 bridgehead atoms. The fraction of sp³-hybridized carbons (Fsp3) is 0.167. The van der Waals surface area contributed by atoms with Crippen LogP contribution >= 0.6 is 0 Å². The van der Waals surface area contributed by atoms with Crippen LogP contribution in [0.3, 0.4) is 0 Å². The Morgan fingerprint density at radius 3 is 2.70 bits per heavy atom. The molecule has 0 aliphatic rings. The van der Waals surface area contributed by atoms with E-state index in [1.807, 2.05) is 0 Å². The zero-order valence-electron chi connectivity index (χ0n) is 10.4. The summed E-state index contributed by atoms with van der Waals surface area (Å²) in [5.74, 6) is -0.586. The van der Waals surface area contributed by atoms with E-state index in [-0.39, 0.29) is 23.9 Å². The topological polar surface area (TPSA) is 105 Å². The van der Waals surface area contributed by atoms with E-state index < -0.39 is 10.9 Å². The Bertz CT molecular complexity index is 619. The van der Waals surface area contributed by atoms with Gasteiger partial charge in [0.2, 0.25) is 5.76 Å². The van der Waals surface area contributed by atoms with Crippen molar-refractivity contribution in [1.82, 2.24) is 5.16 Å². The lowest BCUT2D eigenvalue weighted by atomic mass is 10.2. The van der Waals surface area contributed by atoms with Crippen LogP contribution in [0.25, 0.3) is 0 Å². The number of benzene rings is 1. The third-order valence-corrected chi connectivity index (χ3v) is 2.41. The Morgan fingerprint density at radius 2 is 2.10 bits per heavy atom. The smallest absolute Gasteiger partial charge is 0.377 e. The summed E-state index contributed by atoms with van der Waals surface area (Å²) >= 11 is 0. The van der Waals surface area contributed by atoms with E-state index in [1.54, 1.807) is 12.1 Å². The number of non-ortho nitro benzene ring substituents is 1. The number of rotatable bonds is 5. The molecule has 0 spiro atoms. The predicted octanol–water partition coefficient (Wildman–Crippen LogP) is 1.95. The van der Waals surface area contributed by atoms with Crippen LogP contribution < -0.4 is 4.74 Å². The molecule has 1 heterocycles. The molecule has 0 amide bonds. The molecule has 20 heavy (non-hydrogen) atoms. The van der Waals surface area contributed by atoms with E-state index in [1.165, 1.54) is 25.3 Å². The first kappa shape index (κ1) is 13.5. The summed E-state index contributed by atoms with van der Waals surface area (Å²) in [6, 6.07) is 7.19. The summed E-state index contributed by atoms with van der Waals surface area (Å²) in [6.45, 7) is 0.144. The Kier molecular flexibility index (Phi) is 3.94. The minimum Gasteiger partial charge on any atom is -0.471 e. The van der Waals surface area contributed by atoms with Crippen molar-refractivity contribution in [3.63, 3.8) is 0 Å². The van der Waals surface area contributed by atoms with Gasteiger partial charge in [-0.25, -0.2) is 4.79 Å². The van der Waals surface area contributed by atoms with E-state index in [4.69, 9.17) is 9.26 Å². The first-order valence-electron chi connectivity index (χ1n) is 5.51. The number of nitro benzene ring substituents is 1. The van der Waals surface area contributed by atoms with Crippen LogP contribution in [0.15, 0.2) is 34.9 Å². The first-order chi connectivity index (χ1) is 9.60. The van der Waals surface area contributed by atoms with Gasteiger partial charge in [0.05, 0.1) is 18.1 Å². The molecular weight excluding hydrogens is 268 g/mol. The number of hydrogen-bond donors (Lipinski definition) is 0. The highest BCUT2D eigenvalue weighted by molar-refractivity contribution is 5.86. The highest BCUT2D eigenvalue weighted by Gasteiger charge is 2.14. The molecule has 0 aliphatic carbocycles. The Labute approximate surface area is 113 Å². The van der Waals surface area contributed by atoms with Gasteiger partial charge in [-0.3, -0.25) is 10.1 Å². The summed E-state index contributed by atoms with van der Waals surface area (Å²) in [4.78, 5) is 21.1. The van der Waals surface area contributed by atoms with Crippen molar-refractivity contribution in [3.05, 3.63) is 51.8 Å². The number of carbonyl (C=O) groups is 1. The van der Waals surface area contributed by atoms with Gasteiger partial charge in [0.1, 0.15) is 6.61 Å². The van der Waals surface area contributed by atoms with Crippen LogP contribution in [0, 0.1) is 10.1 Å². The minimum atomic E-state index is -0.650. The van der Waals surface area contributed by atoms with Crippen molar-refractivity contribution in [2.24, 2.45) is 0 Å². The van der Waals surface area contributed by atoms with Gasteiger partial charge in [0.25, 0.3) is 11.6 Å². The lowest BCUT2D eigenvalue weighted by Crippen LogP contribution is -1.98. The van der Waals surface area contributed by atoms with E-state index in [9.17, 15) is 14.9 Å². The lowest BCUT2D eigenvalue weighted by Gasteiger charge is -2.01. The number of carbonyl (C=O) groups excluding carboxylic acids is 1. The van der Waals surface area contributed by atoms with Crippen LogP contribution in [0.5, 0.6) is 5.88 Å². The molecule has 0 N–H and O–H groups in total. The van der Waals surface area contributed by atoms with Crippen LogP contribution in [0.2, 0.25) is 0 Å². The summed E-state index contributed by atoms with van der Waals surface area (Å²) in [5, 5.41) is 14.0. The molecule has 8 nitrogen and oxygen atoms in total. The normalized spacial score (nSPS) is 10.1. The predicted molar refractivity (Wildman–Crippen MR) is 65.3 cm³/mol. The summed E-state index contributed by atoms with van der Waals surface area (Å²) < 4.78 is 14.5. The molecule has 1 aromatic carbocycles. The monoisotopic (exact) mass is 278 g/mol. The number of hydrogen-bond acceptors (Lipinski definition) is 7. The fourth-order valence-corrected chi connectivity index (χ4v) is 1.39. The maximum atomic E-state index is 11.1. The third-order valence-electron chi connectivity index (χ3n) is 2.41. The third kappa shape index (κ3) is 3.10. The van der Waals surface area contributed by atoms with E-state index in [0.29, 0.717) is 0 Å². The zero-order chi connectivity index (χ0) is 14.5. The molecule has 0 aliphatic heterocycles. The fourth-order valence-electron chi connectivity index (χ4n) is 1.39. The average Bonchev–Trinajstić information content (AvgIpc) is 2.93. The second-order valence-corrected chi connectivity index (χ2v) is 3.73. The standard InChI is InChI=1S/C12H10N2O6/c1-18-12(15)10-6-11(13-20-10)19-7-8-2-4-9(5-3-8)14(16)17/h2-6H,7H2,1H3.